The number of unbranched alkanes of at least 4 members (excludes halogenated alkanes) is 3. The lowest BCUT2D eigenvalue weighted by atomic mass is 9.99. The van der Waals surface area contributed by atoms with Gasteiger partial charge < -0.3 is 5.32 Å². The van der Waals surface area contributed by atoms with E-state index in [0.29, 0.717) is 5.92 Å². The van der Waals surface area contributed by atoms with Gasteiger partial charge in [0.05, 0.1) is 0 Å². The van der Waals surface area contributed by atoms with Gasteiger partial charge in [0.2, 0.25) is 0 Å². The van der Waals surface area contributed by atoms with Crippen LogP contribution in [-0.4, -0.2) is 13.1 Å². The van der Waals surface area contributed by atoms with E-state index in [1.807, 2.05) is 0 Å². The van der Waals surface area contributed by atoms with Crippen LogP contribution in [0.15, 0.2) is 12.2 Å². The predicted octanol–water partition coefficient (Wildman–Crippen LogP) is 4.00. The second kappa shape index (κ2) is 9.26. The highest BCUT2D eigenvalue weighted by atomic mass is 14.8. The minimum atomic E-state index is 0. The molecule has 0 atom stereocenters. The van der Waals surface area contributed by atoms with Gasteiger partial charge in [-0.1, -0.05) is 45.8 Å². The van der Waals surface area contributed by atoms with Crippen molar-refractivity contribution in [1.82, 2.24) is 5.32 Å². The molecule has 0 aromatic heterocycles. The lowest BCUT2D eigenvalue weighted by Crippen LogP contribution is -2.13. The Morgan fingerprint density at radius 1 is 1.21 bits per heavy atom. The summed E-state index contributed by atoms with van der Waals surface area (Å²) in [6.07, 6.45) is 6.58. The molecule has 1 nitrogen and oxygen atoms in total. The largest absolute Gasteiger partial charge is 0.317 e. The van der Waals surface area contributed by atoms with Gasteiger partial charge in [-0.3, -0.25) is 0 Å². The molecule has 0 amide bonds. The van der Waals surface area contributed by atoms with Gasteiger partial charge in [-0.05, 0) is 38.3 Å². The molecule has 0 spiro atoms. The molecule has 1 heteroatoms. The smallest absolute Gasteiger partial charge is 0 e. The molecule has 1 N–H and O–H groups in total. The van der Waals surface area contributed by atoms with Crippen LogP contribution in [0, 0.1) is 5.92 Å². The lowest BCUT2D eigenvalue weighted by Gasteiger charge is -2.08. The van der Waals surface area contributed by atoms with Crippen LogP contribution in [0.3, 0.4) is 0 Å². The van der Waals surface area contributed by atoms with E-state index in [-0.39, 0.29) is 1.43 Å². The summed E-state index contributed by atoms with van der Waals surface area (Å²) in [7, 11) is 0. The van der Waals surface area contributed by atoms with E-state index in [1.54, 1.807) is 0 Å². The zero-order valence-corrected chi connectivity index (χ0v) is 10.2. The highest BCUT2D eigenvalue weighted by Gasteiger charge is 1.99. The van der Waals surface area contributed by atoms with Crippen LogP contribution >= 0.6 is 0 Å². The molecule has 0 heterocycles. The summed E-state index contributed by atoms with van der Waals surface area (Å²) in [5, 5.41) is 3.35. The highest BCUT2D eigenvalue weighted by molar-refractivity contribution is 4.96. The molecule has 14 heavy (non-hydrogen) atoms. The molecule has 0 fully saturated rings. The third kappa shape index (κ3) is 8.31. The van der Waals surface area contributed by atoms with Crippen LogP contribution in [-0.2, 0) is 0 Å². The number of allylic oxidation sites excluding steroid dienone is 1. The van der Waals surface area contributed by atoms with Crippen molar-refractivity contribution >= 4 is 0 Å². The molecular weight excluding hydrogens is 170 g/mol. The number of rotatable bonds is 9. The van der Waals surface area contributed by atoms with Gasteiger partial charge in [0.25, 0.3) is 0 Å². The summed E-state index contributed by atoms with van der Waals surface area (Å²) >= 11 is 0. The fourth-order valence-corrected chi connectivity index (χ4v) is 1.42. The van der Waals surface area contributed by atoms with Crippen LogP contribution in [0.25, 0.3) is 0 Å². The minimum Gasteiger partial charge on any atom is -0.317 e. The Morgan fingerprint density at radius 2 is 1.86 bits per heavy atom. The molecule has 0 aliphatic rings. The highest BCUT2D eigenvalue weighted by Crippen LogP contribution is 2.15. The summed E-state index contributed by atoms with van der Waals surface area (Å²) in [4.78, 5) is 0. The lowest BCUT2D eigenvalue weighted by molar-refractivity contribution is 0.584. The third-order valence-electron chi connectivity index (χ3n) is 2.67. The van der Waals surface area contributed by atoms with Gasteiger partial charge in [-0.25, -0.2) is 0 Å². The number of hydrogen-bond donors (Lipinski definition) is 1. The van der Waals surface area contributed by atoms with Gasteiger partial charge in [-0.15, -0.1) is 0 Å². The van der Waals surface area contributed by atoms with E-state index in [9.17, 15) is 0 Å². The van der Waals surface area contributed by atoms with E-state index >= 15 is 0 Å². The molecule has 0 radical (unpaired) electrons. The first kappa shape index (κ1) is 13.7. The average Bonchev–Trinajstić information content (AvgIpc) is 2.16. The molecular formula is C13H29N. The summed E-state index contributed by atoms with van der Waals surface area (Å²) in [6, 6.07) is 0. The Labute approximate surface area is 91.5 Å². The third-order valence-corrected chi connectivity index (χ3v) is 2.67. The van der Waals surface area contributed by atoms with E-state index in [0.717, 1.165) is 6.54 Å². The summed E-state index contributed by atoms with van der Waals surface area (Å²) in [5.41, 5.74) is 1.41. The van der Waals surface area contributed by atoms with Crippen molar-refractivity contribution in [3.8, 4) is 0 Å². The van der Waals surface area contributed by atoms with Crippen molar-refractivity contribution in [2.45, 2.75) is 52.9 Å². The van der Waals surface area contributed by atoms with E-state index in [2.05, 4.69) is 32.7 Å². The molecule has 0 unspecified atom stereocenters. The maximum atomic E-state index is 4.09. The van der Waals surface area contributed by atoms with Gasteiger partial charge in [0.15, 0.2) is 0 Å². The minimum absolute atomic E-state index is 0. The quantitative estimate of drug-likeness (QED) is 0.437. The van der Waals surface area contributed by atoms with Gasteiger partial charge >= 0.3 is 0 Å². The molecule has 0 aromatic rings. The van der Waals surface area contributed by atoms with Crippen molar-refractivity contribution in [3.63, 3.8) is 0 Å². The molecule has 0 aliphatic carbocycles. The van der Waals surface area contributed by atoms with Crippen molar-refractivity contribution in [2.24, 2.45) is 5.92 Å². The fourth-order valence-electron chi connectivity index (χ4n) is 1.42. The zero-order chi connectivity index (χ0) is 10.8. The van der Waals surface area contributed by atoms with Crippen LogP contribution in [0.1, 0.15) is 54.3 Å². The van der Waals surface area contributed by atoms with Crippen molar-refractivity contribution in [3.05, 3.63) is 12.2 Å². The van der Waals surface area contributed by atoms with Crippen LogP contribution in [0.4, 0.5) is 0 Å². The summed E-state index contributed by atoms with van der Waals surface area (Å²) < 4.78 is 0. The monoisotopic (exact) mass is 199 g/mol. The molecule has 86 valence electrons. The molecule has 0 saturated carbocycles. The Bertz CT molecular complexity index is 143. The van der Waals surface area contributed by atoms with Crippen LogP contribution in [0.5, 0.6) is 0 Å². The van der Waals surface area contributed by atoms with E-state index < -0.39 is 0 Å². The maximum absolute atomic E-state index is 4.09. The number of hydrogen-bond acceptors (Lipinski definition) is 1. The van der Waals surface area contributed by atoms with Gasteiger partial charge in [0, 0.05) is 1.43 Å². The molecule has 0 rings (SSSR count). The Hall–Kier alpha value is -0.300. The summed E-state index contributed by atoms with van der Waals surface area (Å²) in [6.45, 7) is 13.0. The fraction of sp³-hybridized carbons (Fsp3) is 0.846. The van der Waals surface area contributed by atoms with Crippen molar-refractivity contribution in [2.75, 3.05) is 13.1 Å². The predicted molar refractivity (Wildman–Crippen MR) is 67.7 cm³/mol. The second-order valence-electron chi connectivity index (χ2n) is 4.33. The molecule has 0 aliphatic heterocycles. The molecule has 0 saturated heterocycles. The molecule has 0 bridgehead atoms. The summed E-state index contributed by atoms with van der Waals surface area (Å²) in [5.74, 6) is 0.664. The average molecular weight is 199 g/mol. The first-order valence-electron chi connectivity index (χ1n) is 6.06. The Balaban J connectivity index is 0. The van der Waals surface area contributed by atoms with E-state index in [1.165, 1.54) is 44.2 Å². The van der Waals surface area contributed by atoms with Gasteiger partial charge in [0.1, 0.15) is 0 Å². The standard InChI is InChI=1S/C13H27N.H2/c1-5-14-11-9-7-6-8-10-13(4)12(2)3;/h12,14H,4-11H2,1-3H3;1H. The Kier molecular flexibility index (Phi) is 9.06. The first-order chi connectivity index (χ1) is 6.68. The molecule has 0 aromatic carbocycles. The second-order valence-corrected chi connectivity index (χ2v) is 4.33. The van der Waals surface area contributed by atoms with Crippen molar-refractivity contribution < 1.29 is 1.43 Å². The van der Waals surface area contributed by atoms with Gasteiger partial charge in [-0.2, -0.15) is 0 Å². The SMILES string of the molecule is C=C(CCCCCCNCC)C(C)C.[HH]. The first-order valence-corrected chi connectivity index (χ1v) is 6.06. The number of nitrogens with one attached hydrogen (secondary N) is 1. The Morgan fingerprint density at radius 3 is 2.43 bits per heavy atom. The van der Waals surface area contributed by atoms with Crippen LogP contribution in [0.2, 0.25) is 0 Å². The van der Waals surface area contributed by atoms with Crippen molar-refractivity contribution in [1.29, 1.82) is 0 Å². The normalized spacial score (nSPS) is 10.9. The van der Waals surface area contributed by atoms with Crippen LogP contribution < -0.4 is 5.32 Å². The van der Waals surface area contributed by atoms with E-state index in [4.69, 9.17) is 0 Å². The zero-order valence-electron chi connectivity index (χ0n) is 10.2. The maximum Gasteiger partial charge on any atom is 0 e. The topological polar surface area (TPSA) is 12.0 Å².